The predicted octanol–water partition coefficient (Wildman–Crippen LogP) is 17.1. The Morgan fingerprint density at radius 3 is 1.12 bits per heavy atom. The molecule has 2 atom stereocenters. The number of hydrogen-bond acceptors (Lipinski definition) is 7. The molecule has 0 spiro atoms. The molecular weight excluding hydrogens is 918 g/mol. The molecule has 0 fully saturated rings. The van der Waals surface area contributed by atoms with Gasteiger partial charge in [0.1, 0.15) is 19.8 Å². The van der Waals surface area contributed by atoms with E-state index in [0.717, 1.165) is 122 Å². The molecule has 0 aliphatic heterocycles. The number of esters is 2. The molecule has 0 amide bonds. The zero-order valence-corrected chi connectivity index (χ0v) is 46.7. The molecule has 0 saturated carbocycles. The van der Waals surface area contributed by atoms with Crippen LogP contribution in [0.3, 0.4) is 0 Å². The second-order valence-corrected chi connectivity index (χ2v) is 20.3. The fourth-order valence-corrected chi connectivity index (χ4v) is 7.41. The summed E-state index contributed by atoms with van der Waals surface area (Å²) >= 11 is 0. The molecule has 406 valence electrons. The number of phosphoric acid groups is 1. The van der Waals surface area contributed by atoms with E-state index in [1.807, 2.05) is 21.1 Å². The Morgan fingerprint density at radius 2 is 0.750 bits per heavy atom. The molecule has 0 aromatic rings. The minimum atomic E-state index is -4.40. The highest BCUT2D eigenvalue weighted by atomic mass is 31.2. The molecule has 0 heterocycles. The van der Waals surface area contributed by atoms with Crippen LogP contribution in [0, 0.1) is 0 Å². The molecule has 0 rings (SSSR count). The summed E-state index contributed by atoms with van der Waals surface area (Å²) in [5.41, 5.74) is 0. The largest absolute Gasteiger partial charge is 0.472 e. The monoisotopic (exact) mass is 1020 g/mol. The number of carbonyl (C=O) groups excluding carboxylic acids is 2. The van der Waals surface area contributed by atoms with Gasteiger partial charge in [-0.15, -0.1) is 0 Å². The number of quaternary nitrogens is 1. The van der Waals surface area contributed by atoms with Crippen LogP contribution in [-0.2, 0) is 32.7 Å². The van der Waals surface area contributed by atoms with Crippen molar-refractivity contribution in [1.29, 1.82) is 0 Å². The highest BCUT2D eigenvalue weighted by molar-refractivity contribution is 7.47. The molecule has 0 bridgehead atoms. The maximum Gasteiger partial charge on any atom is 0.472 e. The number of hydrogen-bond donors (Lipinski definition) is 1. The lowest BCUT2D eigenvalue weighted by molar-refractivity contribution is -0.870. The quantitative estimate of drug-likeness (QED) is 0.0211. The van der Waals surface area contributed by atoms with Gasteiger partial charge in [-0.1, -0.05) is 198 Å². The third-order valence-corrected chi connectivity index (χ3v) is 11.8. The van der Waals surface area contributed by atoms with Crippen molar-refractivity contribution >= 4 is 19.8 Å². The zero-order valence-electron chi connectivity index (χ0n) is 45.8. The number of likely N-dealkylation sites (N-methyl/N-ethyl adjacent to an activating group) is 1. The Morgan fingerprint density at radius 1 is 0.431 bits per heavy atom. The van der Waals surface area contributed by atoms with E-state index >= 15 is 0 Å². The number of allylic oxidation sites excluding steroid dienone is 24. The van der Waals surface area contributed by atoms with Crippen LogP contribution in [0.15, 0.2) is 146 Å². The van der Waals surface area contributed by atoms with E-state index in [0.29, 0.717) is 23.9 Å². The Bertz CT molecular complexity index is 1720. The lowest BCUT2D eigenvalue weighted by Gasteiger charge is -2.24. The van der Waals surface area contributed by atoms with Crippen molar-refractivity contribution in [3.05, 3.63) is 146 Å². The van der Waals surface area contributed by atoms with Crippen LogP contribution in [0.2, 0.25) is 0 Å². The molecule has 0 aliphatic carbocycles. The van der Waals surface area contributed by atoms with Crippen molar-refractivity contribution in [2.45, 2.75) is 187 Å². The van der Waals surface area contributed by atoms with Gasteiger partial charge in [0.15, 0.2) is 6.10 Å². The van der Waals surface area contributed by atoms with E-state index in [4.69, 9.17) is 18.5 Å². The Hall–Kier alpha value is -4.11. The van der Waals surface area contributed by atoms with E-state index in [1.54, 1.807) is 0 Å². The molecule has 0 aromatic carbocycles. The van der Waals surface area contributed by atoms with Gasteiger partial charge in [-0.2, -0.15) is 0 Å². The number of ether oxygens (including phenoxy) is 2. The first-order chi connectivity index (χ1) is 35.0. The van der Waals surface area contributed by atoms with Crippen molar-refractivity contribution in [3.63, 3.8) is 0 Å². The van der Waals surface area contributed by atoms with Crippen LogP contribution < -0.4 is 0 Å². The third kappa shape index (κ3) is 55.2. The van der Waals surface area contributed by atoms with E-state index in [-0.39, 0.29) is 26.1 Å². The standard InChI is InChI=1S/C62H100NO8P/c1-6-8-10-12-14-16-18-20-21-22-23-24-25-26-27-28-29-30-31-32-33-34-35-36-37-38-39-40-41-43-45-47-49-51-53-55-62(65)71-60(59-70-72(66,67)69-57-56-63(3,4)5)58-68-61(64)54-52-50-48-46-44-42-19-17-15-13-11-9-7-2/h8-11,14-17,20-21,23-24,26-27,29-30,32-33,35-36,38-39,42,44,60H,6-7,12-13,18-19,22,25,28,31,34,37,40-41,43,45-59H2,1-5H3/p+1/b10-8-,11-9-,16-14-,17-15-,21-20-,24-23-,27-26-,30-29-,33-32-,36-35-,39-38-,44-42-. The lowest BCUT2D eigenvalue weighted by Crippen LogP contribution is -2.37. The van der Waals surface area contributed by atoms with Crippen molar-refractivity contribution in [2.75, 3.05) is 47.5 Å². The fourth-order valence-electron chi connectivity index (χ4n) is 6.67. The molecular formula is C62H101NO8P+. The van der Waals surface area contributed by atoms with Gasteiger partial charge in [0.25, 0.3) is 0 Å². The maximum absolute atomic E-state index is 12.8. The summed E-state index contributed by atoms with van der Waals surface area (Å²) in [6.45, 7) is 4.12. The fraction of sp³-hybridized carbons (Fsp3) is 0.581. The van der Waals surface area contributed by atoms with Gasteiger partial charge >= 0.3 is 19.8 Å². The van der Waals surface area contributed by atoms with E-state index < -0.39 is 32.5 Å². The second-order valence-electron chi connectivity index (χ2n) is 18.8. The summed E-state index contributed by atoms with van der Waals surface area (Å²) < 4.78 is 34.4. The topological polar surface area (TPSA) is 108 Å². The van der Waals surface area contributed by atoms with Gasteiger partial charge in [0.2, 0.25) is 0 Å². The first-order valence-corrected chi connectivity index (χ1v) is 29.1. The van der Waals surface area contributed by atoms with Crippen LogP contribution >= 0.6 is 7.82 Å². The molecule has 2 unspecified atom stereocenters. The lowest BCUT2D eigenvalue weighted by atomic mass is 10.1. The number of rotatable bonds is 48. The summed E-state index contributed by atoms with van der Waals surface area (Å²) in [6, 6.07) is 0. The van der Waals surface area contributed by atoms with Crippen LogP contribution in [0.1, 0.15) is 181 Å². The van der Waals surface area contributed by atoms with Crippen LogP contribution in [0.5, 0.6) is 0 Å². The minimum absolute atomic E-state index is 0.0160. The van der Waals surface area contributed by atoms with Gasteiger partial charge in [-0.3, -0.25) is 18.6 Å². The Balaban J connectivity index is 4.21. The number of unbranched alkanes of at least 4 members (excludes halogenated alkanes) is 10. The highest BCUT2D eigenvalue weighted by Gasteiger charge is 2.27. The molecule has 0 aromatic heterocycles. The second kappa shape index (κ2) is 51.8. The molecule has 0 aliphatic rings. The van der Waals surface area contributed by atoms with Crippen LogP contribution in [0.4, 0.5) is 0 Å². The SMILES string of the molecule is CC/C=C\C/C=C\C/C=C\C/C=C\C/C=C\C/C=C\C/C=C\C/C=C\C/C=C\CCCCCCCCCC(=O)OC(COC(=O)CCCCC/C=C\C/C=C\C/C=C\CC)COP(=O)(O)OCC[N+](C)(C)C. The Labute approximate surface area is 440 Å². The average molecular weight is 1020 g/mol. The summed E-state index contributed by atoms with van der Waals surface area (Å²) in [5.74, 6) is -0.860. The Kier molecular flexibility index (Phi) is 48.8. The highest BCUT2D eigenvalue weighted by Crippen LogP contribution is 2.43. The van der Waals surface area contributed by atoms with Crippen molar-refractivity contribution in [1.82, 2.24) is 0 Å². The first kappa shape index (κ1) is 67.9. The molecule has 1 N–H and O–H groups in total. The zero-order chi connectivity index (χ0) is 52.7. The number of nitrogens with zero attached hydrogens (tertiary/aromatic N) is 1. The molecule has 72 heavy (non-hydrogen) atoms. The van der Waals surface area contributed by atoms with E-state index in [9.17, 15) is 19.0 Å². The van der Waals surface area contributed by atoms with Gasteiger partial charge in [0, 0.05) is 12.8 Å². The molecule has 0 radical (unpaired) electrons. The number of phosphoric ester groups is 1. The third-order valence-electron chi connectivity index (χ3n) is 10.9. The van der Waals surface area contributed by atoms with E-state index in [1.165, 1.54) is 19.3 Å². The number of carbonyl (C=O) groups is 2. The minimum Gasteiger partial charge on any atom is -0.462 e. The van der Waals surface area contributed by atoms with Crippen molar-refractivity contribution in [3.8, 4) is 0 Å². The summed E-state index contributed by atoms with van der Waals surface area (Å²) in [6.07, 6.45) is 76.4. The van der Waals surface area contributed by atoms with Gasteiger partial charge in [-0.25, -0.2) is 4.57 Å². The molecule has 0 saturated heterocycles. The molecule has 9 nitrogen and oxygen atoms in total. The summed E-state index contributed by atoms with van der Waals surface area (Å²) in [4.78, 5) is 35.5. The normalized spacial score (nSPS) is 14.5. The van der Waals surface area contributed by atoms with E-state index in [2.05, 4.69) is 160 Å². The van der Waals surface area contributed by atoms with Crippen LogP contribution in [0.25, 0.3) is 0 Å². The smallest absolute Gasteiger partial charge is 0.462 e. The predicted molar refractivity (Wildman–Crippen MR) is 307 cm³/mol. The van der Waals surface area contributed by atoms with Crippen LogP contribution in [-0.4, -0.2) is 74.9 Å². The maximum atomic E-state index is 12.8. The van der Waals surface area contributed by atoms with Gasteiger partial charge in [0.05, 0.1) is 27.7 Å². The van der Waals surface area contributed by atoms with Crippen molar-refractivity contribution < 1.29 is 42.1 Å². The van der Waals surface area contributed by atoms with Gasteiger partial charge in [-0.05, 0) is 116 Å². The summed E-state index contributed by atoms with van der Waals surface area (Å²) in [7, 11) is 1.43. The average Bonchev–Trinajstić information content (AvgIpc) is 3.34. The van der Waals surface area contributed by atoms with Crippen molar-refractivity contribution in [2.24, 2.45) is 0 Å². The molecule has 10 heteroatoms. The van der Waals surface area contributed by atoms with Gasteiger partial charge < -0.3 is 18.9 Å². The summed E-state index contributed by atoms with van der Waals surface area (Å²) in [5, 5.41) is 0. The first-order valence-electron chi connectivity index (χ1n) is 27.6.